The molecule has 1 fully saturated rings. The number of hydrogen-bond acceptors (Lipinski definition) is 3. The third-order valence-electron chi connectivity index (χ3n) is 3.00. The van der Waals surface area contributed by atoms with E-state index < -0.39 is 0 Å². The summed E-state index contributed by atoms with van der Waals surface area (Å²) in [6, 6.07) is 2.95. The molecule has 3 nitrogen and oxygen atoms in total. The van der Waals surface area contributed by atoms with E-state index in [-0.39, 0.29) is 0 Å². The van der Waals surface area contributed by atoms with Crippen LogP contribution < -0.4 is 10.6 Å². The van der Waals surface area contributed by atoms with Crippen LogP contribution in [-0.2, 0) is 6.54 Å². The van der Waals surface area contributed by atoms with Crippen molar-refractivity contribution in [2.24, 2.45) is 0 Å². The van der Waals surface area contributed by atoms with Crippen molar-refractivity contribution in [1.29, 1.82) is 0 Å². The number of rotatable bonds is 7. The fourth-order valence-corrected chi connectivity index (χ4v) is 1.89. The molecule has 90 valence electrons. The molecule has 1 heterocycles. The van der Waals surface area contributed by atoms with Crippen LogP contribution in [0.2, 0.25) is 0 Å². The molecule has 0 amide bonds. The Balaban J connectivity index is 1.54. The average molecular weight is 222 g/mol. The van der Waals surface area contributed by atoms with Gasteiger partial charge < -0.3 is 15.1 Å². The first kappa shape index (κ1) is 11.7. The highest BCUT2D eigenvalue weighted by Crippen LogP contribution is 2.18. The SMILES string of the molecule is Cc1cc(CNCCCNC2CC2)c(C)o1. The van der Waals surface area contributed by atoms with E-state index in [1.54, 1.807) is 0 Å². The summed E-state index contributed by atoms with van der Waals surface area (Å²) in [6.45, 7) is 7.16. The van der Waals surface area contributed by atoms with Crippen LogP contribution in [-0.4, -0.2) is 19.1 Å². The molecule has 0 aromatic carbocycles. The molecule has 2 rings (SSSR count). The maximum Gasteiger partial charge on any atom is 0.105 e. The van der Waals surface area contributed by atoms with E-state index in [1.807, 2.05) is 13.8 Å². The molecule has 0 bridgehead atoms. The summed E-state index contributed by atoms with van der Waals surface area (Å²) in [7, 11) is 0. The summed E-state index contributed by atoms with van der Waals surface area (Å²) < 4.78 is 5.48. The lowest BCUT2D eigenvalue weighted by molar-refractivity contribution is 0.498. The molecular weight excluding hydrogens is 200 g/mol. The predicted molar refractivity (Wildman–Crippen MR) is 65.5 cm³/mol. The highest BCUT2D eigenvalue weighted by atomic mass is 16.3. The number of nitrogens with one attached hydrogen (secondary N) is 2. The van der Waals surface area contributed by atoms with Gasteiger partial charge in [0.05, 0.1) is 0 Å². The van der Waals surface area contributed by atoms with Crippen LogP contribution in [0.3, 0.4) is 0 Å². The quantitative estimate of drug-likeness (QED) is 0.694. The predicted octanol–water partition coefficient (Wildman–Crippen LogP) is 2.13. The van der Waals surface area contributed by atoms with Crippen LogP contribution in [0.5, 0.6) is 0 Å². The Bertz CT molecular complexity index is 329. The van der Waals surface area contributed by atoms with Crippen molar-refractivity contribution >= 4 is 0 Å². The lowest BCUT2D eigenvalue weighted by Gasteiger charge is -2.04. The normalized spacial score (nSPS) is 15.6. The molecule has 1 aromatic rings. The van der Waals surface area contributed by atoms with Gasteiger partial charge in [0.15, 0.2) is 0 Å². The van der Waals surface area contributed by atoms with Gasteiger partial charge >= 0.3 is 0 Å². The van der Waals surface area contributed by atoms with Crippen molar-refractivity contribution < 1.29 is 4.42 Å². The molecule has 0 saturated heterocycles. The molecule has 1 aliphatic rings. The second-order valence-corrected chi connectivity index (χ2v) is 4.70. The first-order valence-electron chi connectivity index (χ1n) is 6.25. The summed E-state index contributed by atoms with van der Waals surface area (Å²) in [5, 5.41) is 6.96. The summed E-state index contributed by atoms with van der Waals surface area (Å²) in [5.41, 5.74) is 1.28. The van der Waals surface area contributed by atoms with E-state index in [4.69, 9.17) is 4.42 Å². The molecule has 0 spiro atoms. The van der Waals surface area contributed by atoms with E-state index in [0.29, 0.717) is 0 Å². The van der Waals surface area contributed by atoms with E-state index in [2.05, 4.69) is 16.7 Å². The fourth-order valence-electron chi connectivity index (χ4n) is 1.89. The van der Waals surface area contributed by atoms with Crippen LogP contribution in [0.15, 0.2) is 10.5 Å². The molecule has 0 radical (unpaired) electrons. The van der Waals surface area contributed by atoms with Crippen molar-refractivity contribution in [2.75, 3.05) is 13.1 Å². The molecule has 0 atom stereocenters. The van der Waals surface area contributed by atoms with Gasteiger partial charge in [-0.05, 0) is 52.3 Å². The third-order valence-corrected chi connectivity index (χ3v) is 3.00. The lowest BCUT2D eigenvalue weighted by atomic mass is 10.2. The standard InChI is InChI=1S/C13H22N2O/c1-10-8-12(11(2)16-10)9-14-6-3-7-15-13-4-5-13/h8,13-15H,3-7,9H2,1-2H3. The van der Waals surface area contributed by atoms with E-state index in [9.17, 15) is 0 Å². The average Bonchev–Trinajstić information content (AvgIpc) is 2.99. The molecule has 3 heteroatoms. The highest BCUT2D eigenvalue weighted by molar-refractivity contribution is 5.19. The van der Waals surface area contributed by atoms with Crippen molar-refractivity contribution in [3.63, 3.8) is 0 Å². The first-order chi connectivity index (χ1) is 7.75. The van der Waals surface area contributed by atoms with Gasteiger partial charge in [-0.1, -0.05) is 0 Å². The van der Waals surface area contributed by atoms with E-state index in [1.165, 1.54) is 24.8 Å². The maximum absolute atomic E-state index is 5.48. The second kappa shape index (κ2) is 5.51. The van der Waals surface area contributed by atoms with Gasteiger partial charge in [-0.3, -0.25) is 0 Å². The highest BCUT2D eigenvalue weighted by Gasteiger charge is 2.19. The zero-order valence-electron chi connectivity index (χ0n) is 10.3. The van der Waals surface area contributed by atoms with Crippen LogP contribution in [0, 0.1) is 13.8 Å². The van der Waals surface area contributed by atoms with Crippen molar-refractivity contribution in [1.82, 2.24) is 10.6 Å². The minimum Gasteiger partial charge on any atom is -0.466 e. The molecule has 1 aliphatic carbocycles. The van der Waals surface area contributed by atoms with Gasteiger partial charge in [-0.25, -0.2) is 0 Å². The van der Waals surface area contributed by atoms with E-state index >= 15 is 0 Å². The molecule has 1 aromatic heterocycles. The number of aryl methyl sites for hydroxylation is 2. The molecule has 2 N–H and O–H groups in total. The monoisotopic (exact) mass is 222 g/mol. The largest absolute Gasteiger partial charge is 0.466 e. The topological polar surface area (TPSA) is 37.2 Å². The Morgan fingerprint density at radius 3 is 2.75 bits per heavy atom. The van der Waals surface area contributed by atoms with Gasteiger partial charge in [-0.15, -0.1) is 0 Å². The van der Waals surface area contributed by atoms with Crippen LogP contribution in [0.25, 0.3) is 0 Å². The number of hydrogen-bond donors (Lipinski definition) is 2. The Morgan fingerprint density at radius 1 is 1.31 bits per heavy atom. The maximum atomic E-state index is 5.48. The van der Waals surface area contributed by atoms with Gasteiger partial charge in [0.25, 0.3) is 0 Å². The van der Waals surface area contributed by atoms with Crippen LogP contribution >= 0.6 is 0 Å². The fraction of sp³-hybridized carbons (Fsp3) is 0.692. The van der Waals surface area contributed by atoms with Crippen LogP contribution in [0.1, 0.15) is 36.3 Å². The summed E-state index contributed by atoms with van der Waals surface area (Å²) in [6.07, 6.45) is 3.95. The Labute approximate surface area is 97.6 Å². The van der Waals surface area contributed by atoms with Crippen molar-refractivity contribution in [3.8, 4) is 0 Å². The summed E-state index contributed by atoms with van der Waals surface area (Å²) in [5.74, 6) is 2.05. The first-order valence-corrected chi connectivity index (χ1v) is 6.25. The summed E-state index contributed by atoms with van der Waals surface area (Å²) in [4.78, 5) is 0. The van der Waals surface area contributed by atoms with E-state index in [0.717, 1.165) is 37.2 Å². The molecule has 0 aliphatic heterocycles. The van der Waals surface area contributed by atoms with Gasteiger partial charge in [0.1, 0.15) is 11.5 Å². The summed E-state index contributed by atoms with van der Waals surface area (Å²) >= 11 is 0. The molecule has 1 saturated carbocycles. The molecular formula is C13H22N2O. The smallest absolute Gasteiger partial charge is 0.105 e. The lowest BCUT2D eigenvalue weighted by Crippen LogP contribution is -2.23. The van der Waals surface area contributed by atoms with Crippen LogP contribution in [0.4, 0.5) is 0 Å². The minimum atomic E-state index is 0.832. The second-order valence-electron chi connectivity index (χ2n) is 4.70. The molecule has 16 heavy (non-hydrogen) atoms. The Kier molecular flexibility index (Phi) is 4.02. The zero-order chi connectivity index (χ0) is 11.4. The van der Waals surface area contributed by atoms with Gasteiger partial charge in [0, 0.05) is 18.2 Å². The van der Waals surface area contributed by atoms with Gasteiger partial charge in [-0.2, -0.15) is 0 Å². The Hall–Kier alpha value is -0.800. The zero-order valence-corrected chi connectivity index (χ0v) is 10.3. The minimum absolute atomic E-state index is 0.832. The number of furan rings is 1. The molecule has 0 unspecified atom stereocenters. The third kappa shape index (κ3) is 3.65. The van der Waals surface area contributed by atoms with Gasteiger partial charge in [0.2, 0.25) is 0 Å². The Morgan fingerprint density at radius 2 is 2.12 bits per heavy atom. The van der Waals surface area contributed by atoms with Crippen molar-refractivity contribution in [3.05, 3.63) is 23.2 Å². The van der Waals surface area contributed by atoms with Crippen molar-refractivity contribution in [2.45, 2.75) is 45.7 Å².